The van der Waals surface area contributed by atoms with Crippen molar-refractivity contribution in [3.8, 4) is 0 Å². The molecule has 27 heavy (non-hydrogen) atoms. The lowest BCUT2D eigenvalue weighted by molar-refractivity contribution is 0.104. The van der Waals surface area contributed by atoms with Crippen molar-refractivity contribution in [2.45, 2.75) is 19.8 Å². The number of carbonyl (C=O) groups is 1. The molecule has 0 spiro atoms. The first kappa shape index (κ1) is 19.0. The first-order valence-electron chi connectivity index (χ1n) is 8.37. The molecule has 1 aromatic heterocycles. The maximum atomic E-state index is 12.8. The highest BCUT2D eigenvalue weighted by atomic mass is 35.5. The molecule has 0 saturated heterocycles. The molecule has 0 aliphatic heterocycles. The molecule has 0 radical (unpaired) electrons. The highest BCUT2D eigenvalue weighted by Crippen LogP contribution is 2.45. The van der Waals surface area contributed by atoms with Gasteiger partial charge in [0.05, 0.1) is 17.1 Å². The molecule has 0 amide bonds. The van der Waals surface area contributed by atoms with Crippen LogP contribution in [-0.4, -0.2) is 5.78 Å². The molecule has 4 nitrogen and oxygen atoms in total. The molecule has 6 heteroatoms. The zero-order chi connectivity index (χ0) is 19.6. The predicted octanol–water partition coefficient (Wildman–Crippen LogP) is 6.63. The Hall–Kier alpha value is -2.81. The number of ketones is 1. The third kappa shape index (κ3) is 3.97. The first-order chi connectivity index (χ1) is 12.9. The molecule has 0 atom stereocenters. The molecular formula is C21H18ClN3OS. The van der Waals surface area contributed by atoms with Crippen molar-refractivity contribution < 1.29 is 4.79 Å². The van der Waals surface area contributed by atoms with E-state index in [4.69, 9.17) is 23.9 Å². The molecular weight excluding hydrogens is 378 g/mol. The minimum Gasteiger partial charge on any atom is -0.406 e. The van der Waals surface area contributed by atoms with Crippen LogP contribution < -0.4 is 11.1 Å². The number of benzene rings is 2. The van der Waals surface area contributed by atoms with Crippen LogP contribution in [0.15, 0.2) is 48.5 Å². The summed E-state index contributed by atoms with van der Waals surface area (Å²) in [4.78, 5) is 16.7. The van der Waals surface area contributed by atoms with Gasteiger partial charge in [0.1, 0.15) is 5.00 Å². The fourth-order valence-corrected chi connectivity index (χ4v) is 3.78. The van der Waals surface area contributed by atoms with Crippen LogP contribution in [0.3, 0.4) is 0 Å². The summed E-state index contributed by atoms with van der Waals surface area (Å²) >= 11 is 7.07. The zero-order valence-electron chi connectivity index (χ0n) is 14.9. The Labute approximate surface area is 167 Å². The largest absolute Gasteiger partial charge is 0.406 e. The third-order valence-electron chi connectivity index (χ3n) is 4.18. The van der Waals surface area contributed by atoms with Crippen LogP contribution in [0.2, 0.25) is 5.02 Å². The number of nitrogens with zero attached hydrogens (tertiary/aromatic N) is 1. The van der Waals surface area contributed by atoms with E-state index in [2.05, 4.69) is 24.0 Å². The van der Waals surface area contributed by atoms with E-state index in [1.54, 1.807) is 24.3 Å². The fraction of sp³-hybridized carbons (Fsp3) is 0.143. The Morgan fingerprint density at radius 2 is 1.78 bits per heavy atom. The lowest BCUT2D eigenvalue weighted by Gasteiger charge is -2.08. The van der Waals surface area contributed by atoms with Crippen LogP contribution in [-0.2, 0) is 0 Å². The zero-order valence-corrected chi connectivity index (χ0v) is 16.5. The number of thiophene rings is 1. The highest BCUT2D eigenvalue weighted by Gasteiger charge is 2.22. The molecule has 2 aromatic carbocycles. The molecule has 0 aliphatic rings. The summed E-state index contributed by atoms with van der Waals surface area (Å²) in [5.41, 5.74) is 9.14. The van der Waals surface area contributed by atoms with Gasteiger partial charge in [0, 0.05) is 16.3 Å². The van der Waals surface area contributed by atoms with Crippen molar-refractivity contribution in [2.24, 2.45) is 0 Å². The maximum absolute atomic E-state index is 12.8. The van der Waals surface area contributed by atoms with Gasteiger partial charge in [-0.05, 0) is 47.9 Å². The molecule has 0 saturated carbocycles. The van der Waals surface area contributed by atoms with Crippen LogP contribution in [0.4, 0.5) is 22.1 Å². The lowest BCUT2D eigenvalue weighted by atomic mass is 10.0. The molecule has 0 bridgehead atoms. The van der Waals surface area contributed by atoms with E-state index in [1.165, 1.54) is 16.9 Å². The number of rotatable bonds is 5. The molecule has 1 heterocycles. The summed E-state index contributed by atoms with van der Waals surface area (Å²) in [6.07, 6.45) is 0. The Morgan fingerprint density at radius 3 is 2.33 bits per heavy atom. The molecule has 3 aromatic rings. The molecule has 0 unspecified atom stereocenters. The van der Waals surface area contributed by atoms with E-state index in [0.29, 0.717) is 26.4 Å². The van der Waals surface area contributed by atoms with Crippen LogP contribution in [0.25, 0.3) is 4.85 Å². The average Bonchev–Trinajstić information content (AvgIpc) is 2.97. The van der Waals surface area contributed by atoms with Crippen LogP contribution in [0.5, 0.6) is 0 Å². The minimum absolute atomic E-state index is 0.205. The van der Waals surface area contributed by atoms with Gasteiger partial charge in [0.15, 0.2) is 0 Å². The standard InChI is InChI=1S/C21H18ClN3OS/c1-12(2)13-6-10-16(11-7-13)25-21-18(24-3)17(23)20(27-21)19(26)14-4-8-15(22)9-5-14/h4-12,25H,23H2,1-2H3. The van der Waals surface area contributed by atoms with Gasteiger partial charge in [-0.15, -0.1) is 11.3 Å². The van der Waals surface area contributed by atoms with E-state index in [1.807, 2.05) is 24.3 Å². The normalized spacial score (nSPS) is 10.6. The van der Waals surface area contributed by atoms with E-state index >= 15 is 0 Å². The van der Waals surface area contributed by atoms with Crippen LogP contribution in [0, 0.1) is 6.57 Å². The van der Waals surface area contributed by atoms with Gasteiger partial charge in [-0.25, -0.2) is 4.85 Å². The van der Waals surface area contributed by atoms with Gasteiger partial charge in [-0.2, -0.15) is 0 Å². The van der Waals surface area contributed by atoms with E-state index in [0.717, 1.165) is 5.69 Å². The van der Waals surface area contributed by atoms with Crippen LogP contribution in [0.1, 0.15) is 40.6 Å². The lowest BCUT2D eigenvalue weighted by Crippen LogP contribution is -2.01. The van der Waals surface area contributed by atoms with Crippen molar-refractivity contribution in [3.05, 3.63) is 81.0 Å². The second-order valence-electron chi connectivity index (χ2n) is 6.37. The Bertz CT molecular complexity index is 1020. The average molecular weight is 396 g/mol. The summed E-state index contributed by atoms with van der Waals surface area (Å²) in [6.45, 7) is 11.7. The summed E-state index contributed by atoms with van der Waals surface area (Å²) < 4.78 is 0. The van der Waals surface area contributed by atoms with Gasteiger partial charge in [-0.1, -0.05) is 37.6 Å². The number of halogens is 1. The van der Waals surface area contributed by atoms with Crippen molar-refractivity contribution in [2.75, 3.05) is 11.1 Å². The number of nitrogen functional groups attached to an aromatic ring is 1. The fourth-order valence-electron chi connectivity index (χ4n) is 2.61. The van der Waals surface area contributed by atoms with Crippen molar-refractivity contribution in [1.29, 1.82) is 0 Å². The number of nitrogens with two attached hydrogens (primary N) is 1. The molecule has 0 fully saturated rings. The Kier molecular flexibility index (Phi) is 5.50. The number of carbonyl (C=O) groups excluding carboxylic acids is 1. The number of hydrogen-bond acceptors (Lipinski definition) is 4. The molecule has 0 aliphatic carbocycles. The van der Waals surface area contributed by atoms with Crippen molar-refractivity contribution in [1.82, 2.24) is 0 Å². The summed E-state index contributed by atoms with van der Waals surface area (Å²) in [7, 11) is 0. The Morgan fingerprint density at radius 1 is 1.15 bits per heavy atom. The SMILES string of the molecule is [C-]#[N+]c1c(Nc2ccc(C(C)C)cc2)sc(C(=O)c2ccc(Cl)cc2)c1N. The second-order valence-corrected chi connectivity index (χ2v) is 7.83. The van der Waals surface area contributed by atoms with Crippen molar-refractivity contribution in [3.63, 3.8) is 0 Å². The molecule has 3 rings (SSSR count). The number of nitrogens with one attached hydrogen (secondary N) is 1. The van der Waals surface area contributed by atoms with E-state index in [9.17, 15) is 4.79 Å². The quantitative estimate of drug-likeness (QED) is 0.376. The van der Waals surface area contributed by atoms with Gasteiger partial charge in [-0.3, -0.25) is 4.79 Å². The van der Waals surface area contributed by atoms with Gasteiger partial charge >= 0.3 is 0 Å². The Balaban J connectivity index is 1.93. The maximum Gasteiger partial charge on any atom is 0.243 e. The summed E-state index contributed by atoms with van der Waals surface area (Å²) in [5.74, 6) is 0.223. The van der Waals surface area contributed by atoms with Gasteiger partial charge in [0.2, 0.25) is 11.5 Å². The van der Waals surface area contributed by atoms with E-state index in [-0.39, 0.29) is 17.2 Å². The topological polar surface area (TPSA) is 59.5 Å². The highest BCUT2D eigenvalue weighted by molar-refractivity contribution is 7.19. The number of anilines is 3. The smallest absolute Gasteiger partial charge is 0.243 e. The van der Waals surface area contributed by atoms with Gasteiger partial charge in [0.25, 0.3) is 0 Å². The monoisotopic (exact) mass is 395 g/mol. The van der Waals surface area contributed by atoms with Gasteiger partial charge < -0.3 is 11.1 Å². The van der Waals surface area contributed by atoms with Crippen LogP contribution >= 0.6 is 22.9 Å². The predicted molar refractivity (Wildman–Crippen MR) is 114 cm³/mol. The van der Waals surface area contributed by atoms with E-state index < -0.39 is 0 Å². The summed E-state index contributed by atoms with van der Waals surface area (Å²) in [5, 5.41) is 4.34. The van der Waals surface area contributed by atoms with Crippen molar-refractivity contribution >= 4 is 50.8 Å². The third-order valence-corrected chi connectivity index (χ3v) is 5.54. The molecule has 3 N–H and O–H groups in total. The first-order valence-corrected chi connectivity index (χ1v) is 9.57. The molecule has 136 valence electrons. The minimum atomic E-state index is -0.220. The number of hydrogen-bond donors (Lipinski definition) is 2. The summed E-state index contributed by atoms with van der Waals surface area (Å²) in [6, 6.07) is 14.6. The second kappa shape index (κ2) is 7.83.